The van der Waals surface area contributed by atoms with Gasteiger partial charge < -0.3 is 15.6 Å². The molecule has 1 saturated heterocycles. The number of rotatable bonds is 6. The third kappa shape index (κ3) is 5.05. The molecule has 10 heteroatoms. The maximum Gasteiger partial charge on any atom is 0.224 e. The van der Waals surface area contributed by atoms with E-state index in [9.17, 15) is 4.79 Å². The Morgan fingerprint density at radius 2 is 1.80 bits per heavy atom. The lowest BCUT2D eigenvalue weighted by atomic mass is 9.94. The number of piperidine rings is 1. The van der Waals surface area contributed by atoms with Gasteiger partial charge in [0.2, 0.25) is 5.91 Å². The van der Waals surface area contributed by atoms with Crippen molar-refractivity contribution >= 4 is 33.7 Å². The summed E-state index contributed by atoms with van der Waals surface area (Å²) < 4.78 is 0. The van der Waals surface area contributed by atoms with Gasteiger partial charge in [0.05, 0.1) is 40.3 Å². The lowest BCUT2D eigenvalue weighted by Crippen LogP contribution is -2.30. The van der Waals surface area contributed by atoms with Crippen LogP contribution in [0.2, 0.25) is 0 Å². The smallest absolute Gasteiger partial charge is 0.224 e. The number of pyridine rings is 3. The van der Waals surface area contributed by atoms with E-state index in [0.717, 1.165) is 64.9 Å². The zero-order valence-corrected chi connectivity index (χ0v) is 22.6. The van der Waals surface area contributed by atoms with Crippen molar-refractivity contribution in [1.29, 1.82) is 0 Å². The van der Waals surface area contributed by atoms with Crippen molar-refractivity contribution in [2.24, 2.45) is 5.92 Å². The second-order valence-corrected chi connectivity index (χ2v) is 10.6. The van der Waals surface area contributed by atoms with Gasteiger partial charge in [-0.1, -0.05) is 29.8 Å². The number of hydrogen-bond acceptors (Lipinski definition) is 7. The van der Waals surface area contributed by atoms with Gasteiger partial charge in [-0.05, 0) is 62.5 Å². The fourth-order valence-corrected chi connectivity index (χ4v) is 5.50. The lowest BCUT2D eigenvalue weighted by molar-refractivity contribution is -0.117. The number of aromatic amines is 2. The number of nitrogens with zero attached hydrogens (tertiary/aromatic N) is 5. The Bertz CT molecular complexity index is 1880. The molecule has 0 aliphatic carbocycles. The molecular weight excluding hydrogens is 514 g/mol. The first kappa shape index (κ1) is 25.0. The van der Waals surface area contributed by atoms with E-state index in [1.165, 1.54) is 5.56 Å². The minimum atomic E-state index is 0.0146. The van der Waals surface area contributed by atoms with E-state index in [-0.39, 0.29) is 5.91 Å². The van der Waals surface area contributed by atoms with Crippen molar-refractivity contribution < 1.29 is 4.79 Å². The number of imidazole rings is 1. The summed E-state index contributed by atoms with van der Waals surface area (Å²) in [5.41, 5.74) is 9.11. The molecule has 1 aromatic carbocycles. The van der Waals surface area contributed by atoms with E-state index < -0.39 is 0 Å². The van der Waals surface area contributed by atoms with Gasteiger partial charge in [0.25, 0.3) is 0 Å². The van der Waals surface area contributed by atoms with E-state index >= 15 is 0 Å². The van der Waals surface area contributed by atoms with Crippen LogP contribution in [0.5, 0.6) is 0 Å². The number of fused-ring (bicyclic) bond motifs is 2. The molecule has 5 aromatic heterocycles. The van der Waals surface area contributed by atoms with Gasteiger partial charge in [-0.2, -0.15) is 5.10 Å². The molecule has 6 heterocycles. The number of aromatic nitrogens is 7. The first-order valence-corrected chi connectivity index (χ1v) is 13.8. The molecule has 0 radical (unpaired) electrons. The maximum atomic E-state index is 12.7. The number of aryl methyl sites for hydroxylation is 1. The van der Waals surface area contributed by atoms with Crippen LogP contribution in [0.15, 0.2) is 67.3 Å². The quantitative estimate of drug-likeness (QED) is 0.225. The van der Waals surface area contributed by atoms with E-state index in [1.807, 2.05) is 30.5 Å². The summed E-state index contributed by atoms with van der Waals surface area (Å²) in [7, 11) is 0. The van der Waals surface area contributed by atoms with E-state index in [0.29, 0.717) is 35.1 Å². The average Bonchev–Trinajstić information content (AvgIpc) is 3.61. The van der Waals surface area contributed by atoms with Crippen LogP contribution in [-0.4, -0.2) is 54.1 Å². The van der Waals surface area contributed by atoms with E-state index in [4.69, 9.17) is 9.97 Å². The minimum Gasteiger partial charge on any atom is -0.335 e. The van der Waals surface area contributed by atoms with Gasteiger partial charge in [-0.25, -0.2) is 9.97 Å². The highest BCUT2D eigenvalue weighted by Gasteiger charge is 2.19. The summed E-state index contributed by atoms with van der Waals surface area (Å²) in [6, 6.07) is 14.1. The molecule has 6 aromatic rings. The van der Waals surface area contributed by atoms with Crippen LogP contribution in [0.25, 0.3) is 56.0 Å². The molecule has 1 amide bonds. The number of amides is 1. The number of carbonyl (C=O) groups excluding carboxylic acids is 1. The molecule has 41 heavy (non-hydrogen) atoms. The van der Waals surface area contributed by atoms with E-state index in [2.05, 4.69) is 60.9 Å². The molecule has 1 aliphatic heterocycles. The normalized spacial score (nSPS) is 14.1. The Labute approximate surface area is 236 Å². The number of nitrogens with one attached hydrogen (secondary N) is 4. The Balaban J connectivity index is 1.19. The van der Waals surface area contributed by atoms with Crippen molar-refractivity contribution in [2.45, 2.75) is 26.2 Å². The fraction of sp³-hybridized carbons (Fsp3) is 0.226. The SMILES string of the molecule is Cc1cccc(-c2cncc3[nH]c(-c4n[nH]c5ccc(-c6cncc(NC(=O)CC7CCNCC7)c6)nc45)nc23)c1. The van der Waals surface area contributed by atoms with Crippen molar-refractivity contribution in [1.82, 2.24) is 40.4 Å². The van der Waals surface area contributed by atoms with Gasteiger partial charge in [0, 0.05) is 29.9 Å². The van der Waals surface area contributed by atoms with Crippen LogP contribution < -0.4 is 10.6 Å². The zero-order valence-electron chi connectivity index (χ0n) is 22.6. The lowest BCUT2D eigenvalue weighted by Gasteiger charge is -2.21. The van der Waals surface area contributed by atoms with E-state index in [1.54, 1.807) is 18.6 Å². The van der Waals surface area contributed by atoms with Gasteiger partial charge in [0.1, 0.15) is 5.52 Å². The average molecular weight is 544 g/mol. The third-order valence-corrected chi connectivity index (χ3v) is 7.61. The van der Waals surface area contributed by atoms with Crippen LogP contribution in [-0.2, 0) is 4.79 Å². The summed E-state index contributed by atoms with van der Waals surface area (Å²) >= 11 is 0. The zero-order chi connectivity index (χ0) is 27.8. The number of carbonyl (C=O) groups is 1. The van der Waals surface area contributed by atoms with Crippen LogP contribution in [0.3, 0.4) is 0 Å². The van der Waals surface area contributed by atoms with Crippen molar-refractivity contribution in [3.05, 3.63) is 72.8 Å². The number of benzene rings is 1. The molecule has 10 nitrogen and oxygen atoms in total. The molecule has 1 fully saturated rings. The highest BCUT2D eigenvalue weighted by Crippen LogP contribution is 2.32. The molecule has 204 valence electrons. The monoisotopic (exact) mass is 543 g/mol. The summed E-state index contributed by atoms with van der Waals surface area (Å²) in [5.74, 6) is 1.04. The molecule has 0 atom stereocenters. The maximum absolute atomic E-state index is 12.7. The second kappa shape index (κ2) is 10.5. The summed E-state index contributed by atoms with van der Waals surface area (Å²) in [6.07, 6.45) is 9.60. The van der Waals surface area contributed by atoms with Crippen LogP contribution in [0.4, 0.5) is 5.69 Å². The Hall–Kier alpha value is -4.96. The van der Waals surface area contributed by atoms with Crippen molar-refractivity contribution in [3.8, 4) is 33.9 Å². The molecule has 0 saturated carbocycles. The minimum absolute atomic E-state index is 0.0146. The predicted octanol–water partition coefficient (Wildman–Crippen LogP) is 5.26. The van der Waals surface area contributed by atoms with Gasteiger partial charge in [0.15, 0.2) is 11.5 Å². The topological polar surface area (TPSA) is 137 Å². The Morgan fingerprint density at radius 1 is 0.927 bits per heavy atom. The highest BCUT2D eigenvalue weighted by atomic mass is 16.1. The highest BCUT2D eigenvalue weighted by molar-refractivity contribution is 5.96. The Kier molecular flexibility index (Phi) is 6.44. The first-order chi connectivity index (χ1) is 20.1. The van der Waals surface area contributed by atoms with Crippen LogP contribution in [0, 0.1) is 12.8 Å². The molecule has 0 bridgehead atoms. The molecule has 1 aliphatic rings. The summed E-state index contributed by atoms with van der Waals surface area (Å²) in [4.78, 5) is 34.7. The standard InChI is InChI=1S/C31H29N9O/c1-18-3-2-4-20(11-18)23-16-34-17-26-28(23)38-31(37-26)30-29-25(39-40-30)6-5-24(36-29)21-13-22(15-33-14-21)35-27(41)12-19-7-9-32-10-8-19/h2-6,11,13-17,19,32H,7-10,12H2,1H3,(H,35,41)(H,37,38)(H,39,40). The number of hydrogen-bond donors (Lipinski definition) is 4. The largest absolute Gasteiger partial charge is 0.335 e. The van der Waals surface area contributed by atoms with Crippen molar-refractivity contribution in [3.63, 3.8) is 0 Å². The van der Waals surface area contributed by atoms with Gasteiger partial charge in [-0.15, -0.1) is 0 Å². The molecule has 7 rings (SSSR count). The molecule has 0 spiro atoms. The van der Waals surface area contributed by atoms with Crippen molar-refractivity contribution in [2.75, 3.05) is 18.4 Å². The van der Waals surface area contributed by atoms with Gasteiger partial charge >= 0.3 is 0 Å². The Morgan fingerprint density at radius 3 is 2.68 bits per heavy atom. The van der Waals surface area contributed by atoms with Crippen LogP contribution in [0.1, 0.15) is 24.8 Å². The third-order valence-electron chi connectivity index (χ3n) is 7.61. The number of anilines is 1. The molecular formula is C31H29N9O. The van der Waals surface area contributed by atoms with Crippen LogP contribution >= 0.6 is 0 Å². The molecule has 0 unspecified atom stereocenters. The summed E-state index contributed by atoms with van der Waals surface area (Å²) in [6.45, 7) is 4.01. The fourth-order valence-electron chi connectivity index (χ4n) is 5.50. The molecule has 4 N–H and O–H groups in total. The van der Waals surface area contributed by atoms with Gasteiger partial charge in [-0.3, -0.25) is 19.9 Å². The summed E-state index contributed by atoms with van der Waals surface area (Å²) in [5, 5.41) is 14.0. The predicted molar refractivity (Wildman–Crippen MR) is 159 cm³/mol. The first-order valence-electron chi connectivity index (χ1n) is 13.8. The number of H-pyrrole nitrogens is 2. The second-order valence-electron chi connectivity index (χ2n) is 10.6.